The topological polar surface area (TPSA) is 94.0 Å². The summed E-state index contributed by atoms with van der Waals surface area (Å²) in [4.78, 5) is 0.0439. The highest BCUT2D eigenvalue weighted by Crippen LogP contribution is 2.23. The van der Waals surface area contributed by atoms with E-state index in [-0.39, 0.29) is 23.4 Å². The minimum atomic E-state index is -3.72. The van der Waals surface area contributed by atoms with Gasteiger partial charge in [-0.25, -0.2) is 13.6 Å². The molecule has 1 saturated heterocycles. The molecule has 0 aliphatic carbocycles. The normalized spacial score (nSPS) is 25.1. The lowest BCUT2D eigenvalue weighted by atomic mass is 10.3. The molecular formula is C8H14N3O4S+. The van der Waals surface area contributed by atoms with Gasteiger partial charge in [-0.1, -0.05) is 4.70 Å². The second-order valence-corrected chi connectivity index (χ2v) is 5.13. The van der Waals surface area contributed by atoms with E-state index in [0.717, 1.165) is 0 Å². The predicted molar refractivity (Wildman–Crippen MR) is 53.9 cm³/mol. The third-order valence-electron chi connectivity index (χ3n) is 2.39. The number of hydrogen-bond donors (Lipinski definition) is 1. The lowest BCUT2D eigenvalue weighted by molar-refractivity contribution is -0.592. The van der Waals surface area contributed by atoms with Crippen molar-refractivity contribution < 1.29 is 22.6 Å². The lowest BCUT2D eigenvalue weighted by Gasteiger charge is -2.19. The summed E-state index contributed by atoms with van der Waals surface area (Å²) >= 11 is 0. The van der Waals surface area contributed by atoms with Gasteiger partial charge < -0.3 is 9.47 Å². The van der Waals surface area contributed by atoms with Gasteiger partial charge in [0.1, 0.15) is 13.2 Å². The Morgan fingerprint density at radius 1 is 1.69 bits per heavy atom. The molecule has 16 heavy (non-hydrogen) atoms. The lowest BCUT2D eigenvalue weighted by Crippen LogP contribution is -2.36. The fourth-order valence-corrected chi connectivity index (χ4v) is 2.33. The highest BCUT2D eigenvalue weighted by molar-refractivity contribution is 7.93. The van der Waals surface area contributed by atoms with Crippen molar-refractivity contribution in [2.24, 2.45) is 10.3 Å². The van der Waals surface area contributed by atoms with Gasteiger partial charge in [0.2, 0.25) is 21.5 Å². The molecule has 0 saturated carbocycles. The minimum Gasteiger partial charge on any atom is -0.439 e. The van der Waals surface area contributed by atoms with Crippen LogP contribution in [0, 0.1) is 0 Å². The van der Waals surface area contributed by atoms with Crippen molar-refractivity contribution in [1.29, 1.82) is 0 Å². The molecule has 1 atom stereocenters. The first-order valence-electron chi connectivity index (χ1n) is 4.97. The minimum absolute atomic E-state index is 0.0439. The van der Waals surface area contributed by atoms with Crippen LogP contribution in [0.3, 0.4) is 0 Å². The van der Waals surface area contributed by atoms with E-state index in [1.54, 1.807) is 0 Å². The maximum atomic E-state index is 11.2. The largest absolute Gasteiger partial charge is 0.439 e. The molecule has 0 aromatic carbocycles. The summed E-state index contributed by atoms with van der Waals surface area (Å²) in [5, 5.41) is 9.09. The van der Waals surface area contributed by atoms with Gasteiger partial charge in [-0.15, -0.1) is 0 Å². The van der Waals surface area contributed by atoms with Crippen molar-refractivity contribution >= 4 is 10.0 Å². The van der Waals surface area contributed by atoms with Gasteiger partial charge in [-0.2, -0.15) is 0 Å². The van der Waals surface area contributed by atoms with Gasteiger partial charge >= 0.3 is 5.88 Å². The molecule has 2 N–H and O–H groups in total. The first-order chi connectivity index (χ1) is 7.52. The van der Waals surface area contributed by atoms with Crippen molar-refractivity contribution in [2.75, 3.05) is 26.3 Å². The Kier molecular flexibility index (Phi) is 2.96. The van der Waals surface area contributed by atoms with E-state index in [0.29, 0.717) is 19.8 Å². The average Bonchev–Trinajstić information content (AvgIpc) is 2.60. The maximum Gasteiger partial charge on any atom is 0.412 e. The standard InChI is InChI=1S/C8H14N3O4S/c1-2-14-6-4-11-8(15-5-6)7(3-10-11)16(9,12)13/h6H,2-5H2,1H3,(H2,9,12,13)/q+1/t6-/m0/s1. The van der Waals surface area contributed by atoms with Gasteiger partial charge in [-0.05, 0) is 12.0 Å². The van der Waals surface area contributed by atoms with Crippen LogP contribution in [0.15, 0.2) is 15.9 Å². The fraction of sp³-hybridized carbons (Fsp3) is 0.750. The van der Waals surface area contributed by atoms with E-state index < -0.39 is 10.0 Å². The smallest absolute Gasteiger partial charge is 0.412 e. The molecule has 0 bridgehead atoms. The molecule has 0 radical (unpaired) electrons. The number of hydrogen-bond acceptors (Lipinski definition) is 5. The second-order valence-electron chi connectivity index (χ2n) is 3.54. The number of rotatable bonds is 3. The highest BCUT2D eigenvalue weighted by atomic mass is 32.2. The Hall–Kier alpha value is -0.990. The van der Waals surface area contributed by atoms with Crippen LogP contribution < -0.4 is 5.14 Å². The molecular weight excluding hydrogens is 234 g/mol. The first-order valence-corrected chi connectivity index (χ1v) is 6.52. The summed E-state index contributed by atoms with van der Waals surface area (Å²) in [7, 11) is -3.72. The molecule has 7 nitrogen and oxygen atoms in total. The number of ether oxygens (including phenoxy) is 2. The van der Waals surface area contributed by atoms with Crippen LogP contribution in [0.5, 0.6) is 0 Å². The summed E-state index contributed by atoms with van der Waals surface area (Å²) in [5.74, 6) is 0.249. The Labute approximate surface area is 93.6 Å². The molecule has 2 heterocycles. The first kappa shape index (κ1) is 11.5. The van der Waals surface area contributed by atoms with Crippen molar-refractivity contribution in [2.45, 2.75) is 13.0 Å². The van der Waals surface area contributed by atoms with Gasteiger partial charge in [-0.3, -0.25) is 0 Å². The molecule has 90 valence electrons. The zero-order valence-corrected chi connectivity index (χ0v) is 9.74. The van der Waals surface area contributed by atoms with Crippen LogP contribution in [-0.2, 0) is 19.5 Å². The van der Waals surface area contributed by atoms with Crippen LogP contribution in [0.2, 0.25) is 0 Å². The third kappa shape index (κ3) is 2.08. The average molecular weight is 248 g/mol. The molecule has 0 aromatic heterocycles. The summed E-state index contributed by atoms with van der Waals surface area (Å²) in [6.45, 7) is 3.36. The second kappa shape index (κ2) is 4.11. The van der Waals surface area contributed by atoms with Crippen LogP contribution in [-0.4, -0.2) is 45.5 Å². The van der Waals surface area contributed by atoms with Gasteiger partial charge in [0.25, 0.3) is 0 Å². The molecule has 1 fully saturated rings. The highest BCUT2D eigenvalue weighted by Gasteiger charge is 2.41. The van der Waals surface area contributed by atoms with Gasteiger partial charge in [0, 0.05) is 6.61 Å². The van der Waals surface area contributed by atoms with Crippen molar-refractivity contribution in [1.82, 2.24) is 0 Å². The SMILES string of the molecule is CCO[C@@H]1COC2=C(S(N)(=O)=O)CN=[N+]2C1. The van der Waals surface area contributed by atoms with Gasteiger partial charge in [0.05, 0.1) is 0 Å². The van der Waals surface area contributed by atoms with E-state index in [2.05, 4.69) is 5.11 Å². The number of azo groups is 2. The van der Waals surface area contributed by atoms with Crippen molar-refractivity contribution in [3.63, 3.8) is 0 Å². The van der Waals surface area contributed by atoms with Gasteiger partial charge in [0.15, 0.2) is 6.10 Å². The molecule has 2 rings (SSSR count). The van der Waals surface area contributed by atoms with E-state index in [9.17, 15) is 8.42 Å². The summed E-state index contributed by atoms with van der Waals surface area (Å²) in [6.07, 6.45) is -0.0858. The van der Waals surface area contributed by atoms with Crippen LogP contribution in [0.25, 0.3) is 0 Å². The Morgan fingerprint density at radius 2 is 2.44 bits per heavy atom. The van der Waals surface area contributed by atoms with E-state index >= 15 is 0 Å². The van der Waals surface area contributed by atoms with Crippen LogP contribution in [0.1, 0.15) is 6.92 Å². The maximum absolute atomic E-state index is 11.2. The molecule has 0 unspecified atom stereocenters. The fourth-order valence-electron chi connectivity index (χ4n) is 1.69. The van der Waals surface area contributed by atoms with Crippen LogP contribution in [0.4, 0.5) is 0 Å². The quantitative estimate of drug-likeness (QED) is 0.672. The number of nitrogens with zero attached hydrogens (tertiary/aromatic N) is 2. The Morgan fingerprint density at radius 3 is 3.06 bits per heavy atom. The summed E-state index contributed by atoms with van der Waals surface area (Å²) in [6, 6.07) is 0. The predicted octanol–water partition coefficient (Wildman–Crippen LogP) is -0.642. The molecule has 8 heteroatoms. The number of nitrogens with two attached hydrogens (primary N) is 1. The molecule has 2 aliphatic heterocycles. The van der Waals surface area contributed by atoms with E-state index in [1.165, 1.54) is 4.70 Å². The molecule has 0 aromatic rings. The number of sulfonamides is 1. The van der Waals surface area contributed by atoms with Crippen LogP contribution >= 0.6 is 0 Å². The molecule has 0 spiro atoms. The molecule has 0 amide bonds. The molecule has 2 aliphatic rings. The van der Waals surface area contributed by atoms with Crippen molar-refractivity contribution in [3.8, 4) is 0 Å². The summed E-state index contributed by atoms with van der Waals surface area (Å²) < 4.78 is 34.7. The van der Waals surface area contributed by atoms with E-state index in [4.69, 9.17) is 14.6 Å². The van der Waals surface area contributed by atoms with E-state index in [1.807, 2.05) is 6.92 Å². The van der Waals surface area contributed by atoms with Crippen molar-refractivity contribution in [3.05, 3.63) is 10.8 Å². The Balaban J connectivity index is 2.19. The summed E-state index contributed by atoms with van der Waals surface area (Å²) in [5.41, 5.74) is 0. The third-order valence-corrected chi connectivity index (χ3v) is 3.38. The zero-order valence-electron chi connectivity index (χ0n) is 8.92. The number of primary sulfonamides is 1. The monoisotopic (exact) mass is 248 g/mol. The zero-order chi connectivity index (χ0) is 11.8. The number of fused-ring (bicyclic) bond motifs is 1. The Bertz CT molecular complexity index is 454.